The van der Waals surface area contributed by atoms with E-state index in [0.717, 1.165) is 21.7 Å². The van der Waals surface area contributed by atoms with E-state index < -0.39 is 0 Å². The van der Waals surface area contributed by atoms with Crippen molar-refractivity contribution in [2.45, 2.75) is 6.54 Å². The summed E-state index contributed by atoms with van der Waals surface area (Å²) in [6.07, 6.45) is 1.78. The van der Waals surface area contributed by atoms with Gasteiger partial charge < -0.3 is 5.32 Å². The lowest BCUT2D eigenvalue weighted by Crippen LogP contribution is -1.99. The van der Waals surface area contributed by atoms with Crippen LogP contribution in [0.4, 0.5) is 5.69 Å². The van der Waals surface area contributed by atoms with Gasteiger partial charge in [-0.3, -0.25) is 0 Å². The van der Waals surface area contributed by atoms with Crippen LogP contribution in [0.15, 0.2) is 54.7 Å². The summed E-state index contributed by atoms with van der Waals surface area (Å²) in [6, 6.07) is 17.8. The summed E-state index contributed by atoms with van der Waals surface area (Å²) in [5, 5.41) is 12.5. The fraction of sp³-hybridized carbons (Fsp3) is 0.0588. The molecule has 0 unspecified atom stereocenters. The summed E-state index contributed by atoms with van der Waals surface area (Å²) in [5.41, 5.74) is 3.75. The Morgan fingerprint density at radius 2 is 2.05 bits per heavy atom. The Hall–Kier alpha value is -2.35. The fourth-order valence-electron chi connectivity index (χ4n) is 2.19. The number of halogens is 1. The minimum absolute atomic E-state index is 0.548. The van der Waals surface area contributed by atoms with Crippen LogP contribution in [-0.4, -0.2) is 4.98 Å². The molecule has 0 aliphatic rings. The van der Waals surface area contributed by atoms with Gasteiger partial charge in [0.25, 0.3) is 0 Å². The van der Waals surface area contributed by atoms with Crippen molar-refractivity contribution in [2.75, 3.05) is 5.32 Å². The third-order valence-corrected chi connectivity index (χ3v) is 4.32. The average molecular weight is 326 g/mol. The van der Waals surface area contributed by atoms with Crippen LogP contribution in [0.2, 0.25) is 4.47 Å². The van der Waals surface area contributed by atoms with Crippen LogP contribution in [0.1, 0.15) is 10.4 Å². The number of benzene rings is 2. The molecule has 5 heteroatoms. The van der Waals surface area contributed by atoms with Gasteiger partial charge in [0, 0.05) is 22.3 Å². The highest BCUT2D eigenvalue weighted by molar-refractivity contribution is 7.15. The van der Waals surface area contributed by atoms with E-state index in [9.17, 15) is 0 Å². The Balaban J connectivity index is 1.87. The van der Waals surface area contributed by atoms with Crippen molar-refractivity contribution in [2.24, 2.45) is 0 Å². The molecule has 3 rings (SSSR count). The Labute approximate surface area is 137 Å². The predicted molar refractivity (Wildman–Crippen MR) is 91.0 cm³/mol. The van der Waals surface area contributed by atoms with E-state index in [1.54, 1.807) is 12.3 Å². The summed E-state index contributed by atoms with van der Waals surface area (Å²) < 4.78 is 0.548. The number of thiazole rings is 1. The maximum Gasteiger partial charge on any atom is 0.183 e. The molecule has 1 aromatic heterocycles. The highest BCUT2D eigenvalue weighted by atomic mass is 35.5. The van der Waals surface area contributed by atoms with E-state index in [4.69, 9.17) is 16.9 Å². The van der Waals surface area contributed by atoms with Crippen molar-refractivity contribution in [3.63, 3.8) is 0 Å². The number of nitrogens with one attached hydrogen (secondary N) is 1. The van der Waals surface area contributed by atoms with E-state index >= 15 is 0 Å². The van der Waals surface area contributed by atoms with E-state index in [2.05, 4.69) is 16.4 Å². The third kappa shape index (κ3) is 3.28. The van der Waals surface area contributed by atoms with Crippen LogP contribution in [0.3, 0.4) is 0 Å². The molecular weight excluding hydrogens is 314 g/mol. The standard InChI is InChI=1S/C17H12ClN3S/c18-17-21-11-14(22-17)10-20-16-7-2-1-6-15(16)13-5-3-4-12(8-13)9-19/h1-8,11,20H,10H2. The van der Waals surface area contributed by atoms with Gasteiger partial charge >= 0.3 is 0 Å². The van der Waals surface area contributed by atoms with Crippen molar-refractivity contribution in [3.8, 4) is 17.2 Å². The zero-order valence-electron chi connectivity index (χ0n) is 11.6. The van der Waals surface area contributed by atoms with Gasteiger partial charge in [-0.15, -0.1) is 11.3 Å². The largest absolute Gasteiger partial charge is 0.380 e. The van der Waals surface area contributed by atoms with Crippen molar-refractivity contribution in [1.82, 2.24) is 4.98 Å². The molecule has 0 saturated carbocycles. The van der Waals surface area contributed by atoms with Gasteiger partial charge in [-0.25, -0.2) is 4.98 Å². The van der Waals surface area contributed by atoms with Crippen LogP contribution in [-0.2, 0) is 6.54 Å². The lowest BCUT2D eigenvalue weighted by Gasteiger charge is -2.11. The topological polar surface area (TPSA) is 48.7 Å². The van der Waals surface area contributed by atoms with Crippen LogP contribution in [0.25, 0.3) is 11.1 Å². The van der Waals surface area contributed by atoms with Gasteiger partial charge in [0.15, 0.2) is 4.47 Å². The first-order valence-corrected chi connectivity index (χ1v) is 7.89. The summed E-state index contributed by atoms with van der Waals surface area (Å²) >= 11 is 7.32. The molecule has 0 aliphatic heterocycles. The minimum Gasteiger partial charge on any atom is -0.380 e. The number of anilines is 1. The molecule has 0 atom stereocenters. The molecule has 0 fully saturated rings. The molecular formula is C17H12ClN3S. The zero-order valence-corrected chi connectivity index (χ0v) is 13.2. The van der Waals surface area contributed by atoms with Gasteiger partial charge in [-0.2, -0.15) is 5.26 Å². The fourth-order valence-corrected chi connectivity index (χ4v) is 3.11. The van der Waals surface area contributed by atoms with Crippen molar-refractivity contribution in [3.05, 3.63) is 69.6 Å². The number of nitrogens with zero attached hydrogens (tertiary/aromatic N) is 2. The molecule has 0 radical (unpaired) electrons. The van der Waals surface area contributed by atoms with Crippen molar-refractivity contribution in [1.29, 1.82) is 5.26 Å². The van der Waals surface area contributed by atoms with Gasteiger partial charge in [0.1, 0.15) is 0 Å². The number of aromatic nitrogens is 1. The Morgan fingerprint density at radius 3 is 2.82 bits per heavy atom. The first-order chi connectivity index (χ1) is 10.8. The molecule has 3 aromatic rings. The third-order valence-electron chi connectivity index (χ3n) is 3.21. The normalized spacial score (nSPS) is 10.2. The maximum absolute atomic E-state index is 9.05. The predicted octanol–water partition coefficient (Wildman–Crippen LogP) is 4.95. The molecule has 2 aromatic carbocycles. The van der Waals surface area contributed by atoms with Gasteiger partial charge in [-0.05, 0) is 23.8 Å². The lowest BCUT2D eigenvalue weighted by atomic mass is 10.0. The SMILES string of the molecule is N#Cc1cccc(-c2ccccc2NCc2cnc(Cl)s2)c1. The zero-order chi connectivity index (χ0) is 15.4. The van der Waals surface area contributed by atoms with Gasteiger partial charge in [0.2, 0.25) is 0 Å². The minimum atomic E-state index is 0.548. The molecule has 1 N–H and O–H groups in total. The highest BCUT2D eigenvalue weighted by Gasteiger charge is 2.06. The smallest absolute Gasteiger partial charge is 0.183 e. The van der Waals surface area contributed by atoms with E-state index in [0.29, 0.717) is 16.6 Å². The molecule has 0 aliphatic carbocycles. The Kier molecular flexibility index (Phi) is 4.38. The second-order valence-electron chi connectivity index (χ2n) is 4.67. The highest BCUT2D eigenvalue weighted by Crippen LogP contribution is 2.29. The Bertz CT molecular complexity index is 836. The van der Waals surface area contributed by atoms with Crippen LogP contribution in [0.5, 0.6) is 0 Å². The summed E-state index contributed by atoms with van der Waals surface area (Å²) in [5.74, 6) is 0. The lowest BCUT2D eigenvalue weighted by molar-refractivity contribution is 1.18. The molecule has 0 amide bonds. The van der Waals surface area contributed by atoms with Crippen LogP contribution in [0, 0.1) is 11.3 Å². The molecule has 0 spiro atoms. The van der Waals surface area contributed by atoms with E-state index in [1.807, 2.05) is 42.5 Å². The van der Waals surface area contributed by atoms with Crippen LogP contribution >= 0.6 is 22.9 Å². The van der Waals surface area contributed by atoms with Crippen molar-refractivity contribution < 1.29 is 0 Å². The maximum atomic E-state index is 9.05. The number of para-hydroxylation sites is 1. The van der Waals surface area contributed by atoms with Gasteiger partial charge in [0.05, 0.1) is 18.2 Å². The number of hydrogen-bond donors (Lipinski definition) is 1. The summed E-state index contributed by atoms with van der Waals surface area (Å²) in [4.78, 5) is 5.11. The molecule has 1 heterocycles. The molecule has 22 heavy (non-hydrogen) atoms. The average Bonchev–Trinajstić information content (AvgIpc) is 2.99. The Morgan fingerprint density at radius 1 is 1.18 bits per heavy atom. The van der Waals surface area contributed by atoms with Crippen LogP contribution < -0.4 is 5.32 Å². The quantitative estimate of drug-likeness (QED) is 0.738. The summed E-state index contributed by atoms with van der Waals surface area (Å²) in [7, 11) is 0. The second-order valence-corrected chi connectivity index (χ2v) is 6.37. The number of rotatable bonds is 4. The van der Waals surface area contributed by atoms with Gasteiger partial charge in [-0.1, -0.05) is 41.9 Å². The van der Waals surface area contributed by atoms with E-state index in [1.165, 1.54) is 11.3 Å². The number of hydrogen-bond acceptors (Lipinski definition) is 4. The first-order valence-electron chi connectivity index (χ1n) is 6.70. The second kappa shape index (κ2) is 6.61. The van der Waals surface area contributed by atoms with E-state index in [-0.39, 0.29) is 0 Å². The molecule has 3 nitrogen and oxygen atoms in total. The number of nitriles is 1. The monoisotopic (exact) mass is 325 g/mol. The molecule has 0 bridgehead atoms. The van der Waals surface area contributed by atoms with Crippen molar-refractivity contribution >= 4 is 28.6 Å². The first kappa shape index (κ1) is 14.6. The molecule has 108 valence electrons. The molecule has 0 saturated heterocycles. The summed E-state index contributed by atoms with van der Waals surface area (Å²) in [6.45, 7) is 0.666.